The molecule has 1 aromatic rings. The van der Waals surface area contributed by atoms with Gasteiger partial charge in [-0.15, -0.1) is 0 Å². The summed E-state index contributed by atoms with van der Waals surface area (Å²) in [5.41, 5.74) is -0.0627. The van der Waals surface area contributed by atoms with E-state index in [0.29, 0.717) is 5.56 Å². The Balaban J connectivity index is 1.91. The van der Waals surface area contributed by atoms with Crippen LogP contribution in [0.25, 0.3) is 0 Å². The number of amides is 1. The van der Waals surface area contributed by atoms with Gasteiger partial charge in [-0.1, -0.05) is 51.1 Å². The molecule has 0 radical (unpaired) electrons. The molecule has 0 spiro atoms. The average molecular weight is 317 g/mol. The number of β-lactam (4-membered cyclic amide) rings is 1. The molecule has 1 saturated heterocycles. The molecule has 3 atom stereocenters. The average Bonchev–Trinajstić information content (AvgIpc) is 2.84. The Labute approximate surface area is 134 Å². The third-order valence-electron chi connectivity index (χ3n) is 4.14. The number of rotatable bonds is 3. The summed E-state index contributed by atoms with van der Waals surface area (Å²) in [6.07, 6.45) is -1.79. The highest BCUT2D eigenvalue weighted by molar-refractivity contribution is 5.98. The smallest absolute Gasteiger partial charge is 0.356 e. The maximum atomic E-state index is 12.4. The minimum Gasteiger partial charge on any atom is -0.476 e. The van der Waals surface area contributed by atoms with Crippen LogP contribution in [0.3, 0.4) is 0 Å². The summed E-state index contributed by atoms with van der Waals surface area (Å²) < 4.78 is 5.77. The molecule has 2 N–H and O–H groups in total. The molecule has 0 saturated carbocycles. The number of ether oxygens (including phenoxy) is 1. The number of hydrogen-bond acceptors (Lipinski definition) is 4. The maximum Gasteiger partial charge on any atom is 0.356 e. The number of carbonyl (C=O) groups excluding carboxylic acids is 1. The normalized spacial score (nSPS) is 24.9. The van der Waals surface area contributed by atoms with Crippen LogP contribution in [0, 0.1) is 11.3 Å². The van der Waals surface area contributed by atoms with E-state index >= 15 is 0 Å². The molecule has 3 rings (SSSR count). The van der Waals surface area contributed by atoms with Crippen LogP contribution < -0.4 is 0 Å². The number of allylic oxidation sites excluding steroid dienone is 1. The van der Waals surface area contributed by atoms with Gasteiger partial charge in [0.1, 0.15) is 11.7 Å². The first-order valence-corrected chi connectivity index (χ1v) is 7.44. The standard InChI is InChI=1S/C17H19NO5/c1-17(2,3)13-11(16(21)22)18-14(20)10(15(18)23-13)12(19)9-7-5-4-6-8-9/h4-8,10,12,15,19H,1-3H3,(H,21,22)/t10-,12+,15+/m0/s1. The minimum atomic E-state index is -1.20. The summed E-state index contributed by atoms with van der Waals surface area (Å²) in [5.74, 6) is -2.15. The van der Waals surface area contributed by atoms with Crippen LogP contribution in [-0.2, 0) is 14.3 Å². The Morgan fingerprint density at radius 1 is 1.26 bits per heavy atom. The van der Waals surface area contributed by atoms with Crippen molar-refractivity contribution in [1.29, 1.82) is 0 Å². The van der Waals surface area contributed by atoms with Crippen molar-refractivity contribution < 1.29 is 24.5 Å². The van der Waals surface area contributed by atoms with Crippen molar-refractivity contribution in [3.05, 3.63) is 47.4 Å². The van der Waals surface area contributed by atoms with Gasteiger partial charge in [-0.3, -0.25) is 9.69 Å². The molecule has 1 amide bonds. The van der Waals surface area contributed by atoms with Crippen molar-refractivity contribution in [3.8, 4) is 0 Å². The molecule has 23 heavy (non-hydrogen) atoms. The Hall–Kier alpha value is -2.34. The van der Waals surface area contributed by atoms with Gasteiger partial charge < -0.3 is 14.9 Å². The zero-order valence-electron chi connectivity index (χ0n) is 13.2. The van der Waals surface area contributed by atoms with Gasteiger partial charge in [-0.25, -0.2) is 4.79 Å². The monoisotopic (exact) mass is 317 g/mol. The Kier molecular flexibility index (Phi) is 3.44. The van der Waals surface area contributed by atoms with E-state index in [4.69, 9.17) is 4.74 Å². The fraction of sp³-hybridized carbons (Fsp3) is 0.412. The first-order valence-electron chi connectivity index (χ1n) is 7.44. The summed E-state index contributed by atoms with van der Waals surface area (Å²) in [6.45, 7) is 5.47. The van der Waals surface area contributed by atoms with Gasteiger partial charge in [0.05, 0.1) is 6.10 Å². The van der Waals surface area contributed by atoms with Crippen LogP contribution >= 0.6 is 0 Å². The van der Waals surface area contributed by atoms with Crippen LogP contribution in [0.4, 0.5) is 0 Å². The van der Waals surface area contributed by atoms with Crippen molar-refractivity contribution in [2.45, 2.75) is 33.1 Å². The molecule has 2 aliphatic heterocycles. The molecule has 2 heterocycles. The second-order valence-corrected chi connectivity index (χ2v) is 6.83. The topological polar surface area (TPSA) is 87.1 Å². The minimum absolute atomic E-state index is 0.121. The number of nitrogens with zero attached hydrogens (tertiary/aromatic N) is 1. The second kappa shape index (κ2) is 5.09. The molecule has 2 aliphatic rings. The largest absolute Gasteiger partial charge is 0.476 e. The third-order valence-corrected chi connectivity index (χ3v) is 4.14. The number of aliphatic hydroxyl groups is 1. The van der Waals surface area contributed by atoms with Crippen molar-refractivity contribution in [2.75, 3.05) is 0 Å². The van der Waals surface area contributed by atoms with E-state index in [1.807, 2.05) is 26.8 Å². The van der Waals surface area contributed by atoms with Crippen LogP contribution in [0.15, 0.2) is 41.8 Å². The van der Waals surface area contributed by atoms with Gasteiger partial charge >= 0.3 is 5.97 Å². The molecule has 122 valence electrons. The highest BCUT2D eigenvalue weighted by atomic mass is 16.5. The number of carboxylic acid groups (broad SMARTS) is 1. The number of benzene rings is 1. The Bertz CT molecular complexity index is 689. The number of fused-ring (bicyclic) bond motifs is 1. The summed E-state index contributed by atoms with van der Waals surface area (Å²) in [7, 11) is 0. The lowest BCUT2D eigenvalue weighted by Gasteiger charge is -2.43. The number of carbonyl (C=O) groups is 2. The molecule has 1 aromatic carbocycles. The zero-order valence-corrected chi connectivity index (χ0v) is 13.2. The maximum absolute atomic E-state index is 12.4. The predicted molar refractivity (Wildman–Crippen MR) is 80.7 cm³/mol. The molecule has 6 nitrogen and oxygen atoms in total. The number of carboxylic acids is 1. The van der Waals surface area contributed by atoms with Crippen molar-refractivity contribution in [2.24, 2.45) is 11.3 Å². The third kappa shape index (κ3) is 2.30. The lowest BCUT2D eigenvalue weighted by Crippen LogP contribution is -2.61. The lowest BCUT2D eigenvalue weighted by atomic mass is 9.86. The van der Waals surface area contributed by atoms with E-state index in [1.165, 1.54) is 0 Å². The zero-order chi connectivity index (χ0) is 16.9. The summed E-state index contributed by atoms with van der Waals surface area (Å²) >= 11 is 0. The quantitative estimate of drug-likeness (QED) is 0.831. The van der Waals surface area contributed by atoms with Gasteiger partial charge in [-0.2, -0.15) is 0 Å². The van der Waals surface area contributed by atoms with Crippen molar-refractivity contribution in [1.82, 2.24) is 4.90 Å². The molecular weight excluding hydrogens is 298 g/mol. The highest BCUT2D eigenvalue weighted by Gasteiger charge is 2.61. The first-order chi connectivity index (χ1) is 10.7. The van der Waals surface area contributed by atoms with Gasteiger partial charge in [0.25, 0.3) is 0 Å². The molecule has 0 unspecified atom stereocenters. The summed E-state index contributed by atoms with van der Waals surface area (Å²) in [5, 5.41) is 19.9. The molecule has 6 heteroatoms. The van der Waals surface area contributed by atoms with E-state index in [-0.39, 0.29) is 11.5 Å². The van der Waals surface area contributed by atoms with Crippen molar-refractivity contribution >= 4 is 11.9 Å². The van der Waals surface area contributed by atoms with Crippen LogP contribution in [0.1, 0.15) is 32.4 Å². The van der Waals surface area contributed by atoms with Crippen molar-refractivity contribution in [3.63, 3.8) is 0 Å². The fourth-order valence-corrected chi connectivity index (χ4v) is 3.02. The molecule has 1 fully saturated rings. The SMILES string of the molecule is CC(C)(C)C1=C(C(=O)O)N2C(=O)[C@H]([C@H](O)c3ccccc3)[C@H]2O1. The van der Waals surface area contributed by atoms with E-state index in [0.717, 1.165) is 4.90 Å². The van der Waals surface area contributed by atoms with Gasteiger partial charge in [0.15, 0.2) is 11.9 Å². The van der Waals surface area contributed by atoms with E-state index < -0.39 is 35.5 Å². The molecular formula is C17H19NO5. The first kappa shape index (κ1) is 15.6. The number of hydrogen-bond donors (Lipinski definition) is 2. The molecule has 0 bridgehead atoms. The second-order valence-electron chi connectivity index (χ2n) is 6.83. The number of aliphatic hydroxyl groups excluding tert-OH is 1. The number of aliphatic carboxylic acids is 1. The summed E-state index contributed by atoms with van der Waals surface area (Å²) in [6, 6.07) is 8.82. The van der Waals surface area contributed by atoms with E-state index in [1.54, 1.807) is 24.3 Å². The van der Waals surface area contributed by atoms with E-state index in [9.17, 15) is 19.8 Å². The Morgan fingerprint density at radius 2 is 1.87 bits per heavy atom. The molecule has 0 aromatic heterocycles. The van der Waals surface area contributed by atoms with Gasteiger partial charge in [0, 0.05) is 5.41 Å². The summed E-state index contributed by atoms with van der Waals surface area (Å²) in [4.78, 5) is 25.1. The predicted octanol–water partition coefficient (Wildman–Crippen LogP) is 1.88. The lowest BCUT2D eigenvalue weighted by molar-refractivity contribution is -0.185. The fourth-order valence-electron chi connectivity index (χ4n) is 3.02. The Morgan fingerprint density at radius 3 is 2.39 bits per heavy atom. The van der Waals surface area contributed by atoms with Crippen LogP contribution in [0.5, 0.6) is 0 Å². The highest BCUT2D eigenvalue weighted by Crippen LogP contribution is 2.49. The van der Waals surface area contributed by atoms with Crippen LogP contribution in [-0.4, -0.2) is 33.2 Å². The molecule has 0 aliphatic carbocycles. The van der Waals surface area contributed by atoms with Gasteiger partial charge in [0.2, 0.25) is 5.91 Å². The van der Waals surface area contributed by atoms with Crippen LogP contribution in [0.2, 0.25) is 0 Å². The van der Waals surface area contributed by atoms with Gasteiger partial charge in [-0.05, 0) is 5.56 Å². The van der Waals surface area contributed by atoms with E-state index in [2.05, 4.69) is 0 Å².